The quantitative estimate of drug-likeness (QED) is 0.702. The third-order valence-electron chi connectivity index (χ3n) is 3.66. The first-order valence-electron chi connectivity index (χ1n) is 6.60. The molecule has 0 aromatic carbocycles. The molecular formula is C13H27NO. The summed E-state index contributed by atoms with van der Waals surface area (Å²) in [5, 5.41) is 3.44. The number of likely N-dealkylation sites (N-methyl/N-ethyl adjacent to an activating group) is 1. The van der Waals surface area contributed by atoms with E-state index in [4.69, 9.17) is 4.74 Å². The molecule has 0 amide bonds. The van der Waals surface area contributed by atoms with E-state index in [2.05, 4.69) is 26.2 Å². The van der Waals surface area contributed by atoms with Crippen molar-refractivity contribution in [3.8, 4) is 0 Å². The first-order valence-corrected chi connectivity index (χ1v) is 6.60. The molecule has 0 spiro atoms. The highest BCUT2D eigenvalue weighted by Crippen LogP contribution is 2.29. The van der Waals surface area contributed by atoms with Gasteiger partial charge in [-0.1, -0.05) is 32.6 Å². The van der Waals surface area contributed by atoms with Gasteiger partial charge in [0.25, 0.3) is 0 Å². The van der Waals surface area contributed by atoms with Gasteiger partial charge in [0.15, 0.2) is 0 Å². The molecule has 2 nitrogen and oxygen atoms in total. The molecule has 90 valence electrons. The molecule has 1 aliphatic rings. The molecule has 0 aromatic heterocycles. The fraction of sp³-hybridized carbons (Fsp3) is 1.00. The van der Waals surface area contributed by atoms with Crippen LogP contribution in [0.2, 0.25) is 0 Å². The van der Waals surface area contributed by atoms with Crippen molar-refractivity contribution in [1.82, 2.24) is 5.32 Å². The largest absolute Gasteiger partial charge is 0.377 e. The normalized spacial score (nSPS) is 21.8. The van der Waals surface area contributed by atoms with E-state index in [-0.39, 0.29) is 0 Å². The lowest BCUT2D eigenvalue weighted by Crippen LogP contribution is -2.40. The Morgan fingerprint density at radius 2 is 1.93 bits per heavy atom. The highest BCUT2D eigenvalue weighted by Gasteiger charge is 2.24. The second kappa shape index (κ2) is 7.24. The van der Waals surface area contributed by atoms with Crippen molar-refractivity contribution in [3.05, 3.63) is 0 Å². The van der Waals surface area contributed by atoms with Crippen molar-refractivity contribution < 1.29 is 4.74 Å². The van der Waals surface area contributed by atoms with Crippen LogP contribution >= 0.6 is 0 Å². The molecular weight excluding hydrogens is 186 g/mol. The number of hydrogen-bond donors (Lipinski definition) is 1. The van der Waals surface area contributed by atoms with Crippen LogP contribution in [0.4, 0.5) is 0 Å². The summed E-state index contributed by atoms with van der Waals surface area (Å²) in [5.41, 5.74) is 0. The molecule has 1 aliphatic carbocycles. The van der Waals surface area contributed by atoms with Gasteiger partial charge >= 0.3 is 0 Å². The molecule has 2 unspecified atom stereocenters. The van der Waals surface area contributed by atoms with Crippen LogP contribution in [0.3, 0.4) is 0 Å². The maximum atomic E-state index is 5.79. The number of ether oxygens (including phenoxy) is 1. The Morgan fingerprint density at radius 1 is 1.27 bits per heavy atom. The number of nitrogens with one attached hydrogen (secondary N) is 1. The predicted molar refractivity (Wildman–Crippen MR) is 65.1 cm³/mol. The second-order valence-electron chi connectivity index (χ2n) is 4.68. The van der Waals surface area contributed by atoms with E-state index in [1.807, 2.05) is 0 Å². The Morgan fingerprint density at radius 3 is 2.40 bits per heavy atom. The maximum Gasteiger partial charge on any atom is 0.0725 e. The Balaban J connectivity index is 2.37. The van der Waals surface area contributed by atoms with Crippen LogP contribution in [0.5, 0.6) is 0 Å². The molecule has 1 N–H and O–H groups in total. The van der Waals surface area contributed by atoms with Crippen LogP contribution in [0.1, 0.15) is 52.4 Å². The minimum absolute atomic E-state index is 0.403. The van der Waals surface area contributed by atoms with Gasteiger partial charge in [0.1, 0.15) is 0 Å². The van der Waals surface area contributed by atoms with Gasteiger partial charge < -0.3 is 10.1 Å². The summed E-state index contributed by atoms with van der Waals surface area (Å²) in [5.74, 6) is 0.942. The van der Waals surface area contributed by atoms with Crippen LogP contribution in [0.25, 0.3) is 0 Å². The summed E-state index contributed by atoms with van der Waals surface area (Å²) in [7, 11) is 2.07. The minimum Gasteiger partial charge on any atom is -0.377 e. The Kier molecular flexibility index (Phi) is 6.26. The molecule has 0 heterocycles. The van der Waals surface area contributed by atoms with Crippen molar-refractivity contribution in [1.29, 1.82) is 0 Å². The molecule has 0 saturated heterocycles. The van der Waals surface area contributed by atoms with Crippen molar-refractivity contribution in [3.63, 3.8) is 0 Å². The summed E-state index contributed by atoms with van der Waals surface area (Å²) in [6, 6.07) is 0.554. The van der Waals surface area contributed by atoms with Gasteiger partial charge in [-0.05, 0) is 32.7 Å². The fourth-order valence-corrected chi connectivity index (χ4v) is 2.79. The predicted octanol–water partition coefficient (Wildman–Crippen LogP) is 2.97. The Bertz CT molecular complexity index is 155. The van der Waals surface area contributed by atoms with Gasteiger partial charge in [-0.3, -0.25) is 0 Å². The average molecular weight is 213 g/mol. The Labute approximate surface area is 94.8 Å². The molecule has 15 heavy (non-hydrogen) atoms. The lowest BCUT2D eigenvalue weighted by atomic mass is 9.94. The smallest absolute Gasteiger partial charge is 0.0725 e. The van der Waals surface area contributed by atoms with E-state index in [1.54, 1.807) is 0 Å². The van der Waals surface area contributed by atoms with Crippen molar-refractivity contribution >= 4 is 0 Å². The number of rotatable bonds is 7. The van der Waals surface area contributed by atoms with Crippen LogP contribution in [-0.2, 0) is 4.74 Å². The lowest BCUT2D eigenvalue weighted by Gasteiger charge is -2.28. The first kappa shape index (κ1) is 13.0. The van der Waals surface area contributed by atoms with Crippen molar-refractivity contribution in [2.45, 2.75) is 64.5 Å². The minimum atomic E-state index is 0.403. The topological polar surface area (TPSA) is 21.3 Å². The monoisotopic (exact) mass is 213 g/mol. The summed E-state index contributed by atoms with van der Waals surface area (Å²) >= 11 is 0. The van der Waals surface area contributed by atoms with Crippen molar-refractivity contribution in [2.75, 3.05) is 13.7 Å². The van der Waals surface area contributed by atoms with E-state index < -0.39 is 0 Å². The highest BCUT2D eigenvalue weighted by atomic mass is 16.5. The summed E-state index contributed by atoms with van der Waals surface area (Å²) in [6.45, 7) is 5.14. The third kappa shape index (κ3) is 4.12. The molecule has 1 fully saturated rings. The molecule has 1 saturated carbocycles. The molecule has 2 atom stereocenters. The maximum absolute atomic E-state index is 5.79. The summed E-state index contributed by atoms with van der Waals surface area (Å²) in [4.78, 5) is 0. The van der Waals surface area contributed by atoms with Gasteiger partial charge in [0.2, 0.25) is 0 Å². The standard InChI is InChI=1S/C13H27NO/c1-4-13(15-5-2)12(14-3)10-11-8-6-7-9-11/h11-14H,4-10H2,1-3H3. The summed E-state index contributed by atoms with van der Waals surface area (Å²) in [6.07, 6.45) is 8.56. The molecule has 0 radical (unpaired) electrons. The highest BCUT2D eigenvalue weighted by molar-refractivity contribution is 4.80. The first-order chi connectivity index (χ1) is 7.31. The molecule has 0 aromatic rings. The summed E-state index contributed by atoms with van der Waals surface area (Å²) < 4.78 is 5.79. The van der Waals surface area contributed by atoms with E-state index in [9.17, 15) is 0 Å². The molecule has 0 aliphatic heterocycles. The second-order valence-corrected chi connectivity index (χ2v) is 4.68. The fourth-order valence-electron chi connectivity index (χ4n) is 2.79. The Hall–Kier alpha value is -0.0800. The van der Waals surface area contributed by atoms with Gasteiger partial charge in [-0.25, -0.2) is 0 Å². The zero-order valence-corrected chi connectivity index (χ0v) is 10.6. The van der Waals surface area contributed by atoms with Gasteiger partial charge in [0, 0.05) is 12.6 Å². The zero-order chi connectivity index (χ0) is 11.1. The molecule has 2 heteroatoms. The van der Waals surface area contributed by atoms with E-state index in [0.717, 1.165) is 18.9 Å². The van der Waals surface area contributed by atoms with Crippen LogP contribution in [0.15, 0.2) is 0 Å². The SMILES string of the molecule is CCOC(CC)C(CC1CCCC1)NC. The van der Waals surface area contributed by atoms with E-state index in [1.165, 1.54) is 32.1 Å². The molecule has 1 rings (SSSR count). The average Bonchev–Trinajstić information content (AvgIpc) is 2.75. The molecule has 0 bridgehead atoms. The zero-order valence-electron chi connectivity index (χ0n) is 10.6. The van der Waals surface area contributed by atoms with Crippen LogP contribution in [0, 0.1) is 5.92 Å². The van der Waals surface area contributed by atoms with Crippen LogP contribution in [-0.4, -0.2) is 25.8 Å². The van der Waals surface area contributed by atoms with Crippen LogP contribution < -0.4 is 5.32 Å². The van der Waals surface area contributed by atoms with Gasteiger partial charge in [-0.2, -0.15) is 0 Å². The van der Waals surface area contributed by atoms with Crippen molar-refractivity contribution in [2.24, 2.45) is 5.92 Å². The number of hydrogen-bond acceptors (Lipinski definition) is 2. The van der Waals surface area contributed by atoms with Gasteiger partial charge in [0.05, 0.1) is 6.10 Å². The van der Waals surface area contributed by atoms with Gasteiger partial charge in [-0.15, -0.1) is 0 Å². The third-order valence-corrected chi connectivity index (χ3v) is 3.66. The van der Waals surface area contributed by atoms with E-state index >= 15 is 0 Å². The van der Waals surface area contributed by atoms with E-state index in [0.29, 0.717) is 12.1 Å². The lowest BCUT2D eigenvalue weighted by molar-refractivity contribution is 0.0275.